The average Bonchev–Trinajstić information content (AvgIpc) is 2.61. The number of aryl methyl sites for hydroxylation is 1. The van der Waals surface area contributed by atoms with E-state index in [1.807, 2.05) is 31.2 Å². The van der Waals surface area contributed by atoms with Crippen LogP contribution in [0.5, 0.6) is 11.5 Å². The first-order valence-electron chi connectivity index (χ1n) is 8.38. The fourth-order valence-corrected chi connectivity index (χ4v) is 2.81. The number of fused-ring (bicyclic) bond motifs is 1. The fourth-order valence-electron chi connectivity index (χ4n) is 2.81. The largest absolute Gasteiger partial charge is 0.573 e. The van der Waals surface area contributed by atoms with Crippen molar-refractivity contribution >= 4 is 16.6 Å². The second kappa shape index (κ2) is 7.73. The zero-order chi connectivity index (χ0) is 19.4. The van der Waals surface area contributed by atoms with E-state index < -0.39 is 6.36 Å². The molecule has 3 aromatic rings. The third-order valence-corrected chi connectivity index (χ3v) is 4.03. The summed E-state index contributed by atoms with van der Waals surface area (Å²) >= 11 is 0. The minimum atomic E-state index is -4.68. The SMILES string of the molecule is COc1ccc2nc(C)cc(NCCc3ccc(OC(F)(F)F)cc3)c2c1. The number of methoxy groups -OCH3 is 1. The summed E-state index contributed by atoms with van der Waals surface area (Å²) in [5.74, 6) is 0.526. The summed E-state index contributed by atoms with van der Waals surface area (Å²) in [7, 11) is 1.61. The molecule has 2 aromatic carbocycles. The predicted molar refractivity (Wildman–Crippen MR) is 98.4 cm³/mol. The second-order valence-electron chi connectivity index (χ2n) is 6.06. The molecule has 0 radical (unpaired) electrons. The number of hydrogen-bond acceptors (Lipinski definition) is 4. The fraction of sp³-hybridized carbons (Fsp3) is 0.250. The van der Waals surface area contributed by atoms with Crippen LogP contribution in [0.4, 0.5) is 18.9 Å². The van der Waals surface area contributed by atoms with Crippen LogP contribution in [0.1, 0.15) is 11.3 Å². The van der Waals surface area contributed by atoms with Gasteiger partial charge in [0.15, 0.2) is 0 Å². The molecule has 0 atom stereocenters. The van der Waals surface area contributed by atoms with E-state index in [2.05, 4.69) is 15.0 Å². The minimum Gasteiger partial charge on any atom is -0.497 e. The van der Waals surface area contributed by atoms with E-state index in [1.165, 1.54) is 12.1 Å². The number of benzene rings is 2. The van der Waals surface area contributed by atoms with Gasteiger partial charge in [0.2, 0.25) is 0 Å². The van der Waals surface area contributed by atoms with Crippen LogP contribution in [0, 0.1) is 6.92 Å². The van der Waals surface area contributed by atoms with Crippen molar-refractivity contribution in [1.29, 1.82) is 0 Å². The summed E-state index contributed by atoms with van der Waals surface area (Å²) in [4.78, 5) is 4.52. The second-order valence-corrected chi connectivity index (χ2v) is 6.06. The molecule has 0 bridgehead atoms. The number of rotatable bonds is 6. The van der Waals surface area contributed by atoms with Crippen LogP contribution >= 0.6 is 0 Å². The predicted octanol–water partition coefficient (Wildman–Crippen LogP) is 5.11. The maximum Gasteiger partial charge on any atom is 0.573 e. The van der Waals surface area contributed by atoms with Gasteiger partial charge in [0, 0.05) is 23.3 Å². The molecule has 142 valence electrons. The smallest absolute Gasteiger partial charge is 0.497 e. The van der Waals surface area contributed by atoms with Crippen LogP contribution in [0.15, 0.2) is 48.5 Å². The molecule has 3 rings (SSSR count). The molecule has 0 amide bonds. The van der Waals surface area contributed by atoms with Gasteiger partial charge in [-0.3, -0.25) is 4.98 Å². The van der Waals surface area contributed by atoms with Crippen LogP contribution in [-0.2, 0) is 6.42 Å². The summed E-state index contributed by atoms with van der Waals surface area (Å²) in [5, 5.41) is 4.33. The first kappa shape index (κ1) is 18.8. The van der Waals surface area contributed by atoms with E-state index in [0.717, 1.165) is 33.6 Å². The Balaban J connectivity index is 1.68. The number of nitrogens with zero attached hydrogens (tertiary/aromatic N) is 1. The van der Waals surface area contributed by atoms with Crippen LogP contribution in [0.2, 0.25) is 0 Å². The van der Waals surface area contributed by atoms with Crippen molar-refractivity contribution in [2.24, 2.45) is 0 Å². The van der Waals surface area contributed by atoms with Gasteiger partial charge in [-0.1, -0.05) is 12.1 Å². The normalized spacial score (nSPS) is 11.4. The number of hydrogen-bond donors (Lipinski definition) is 1. The zero-order valence-corrected chi connectivity index (χ0v) is 14.9. The van der Waals surface area contributed by atoms with Crippen molar-refractivity contribution in [2.45, 2.75) is 19.7 Å². The molecule has 1 heterocycles. The van der Waals surface area contributed by atoms with Crippen LogP contribution in [0.25, 0.3) is 10.9 Å². The molecule has 0 aliphatic heterocycles. The van der Waals surface area contributed by atoms with E-state index in [0.29, 0.717) is 13.0 Å². The number of ether oxygens (including phenoxy) is 2. The molecule has 0 saturated carbocycles. The molecular weight excluding hydrogens is 357 g/mol. The topological polar surface area (TPSA) is 43.4 Å². The van der Waals surface area contributed by atoms with E-state index in [9.17, 15) is 13.2 Å². The quantitative estimate of drug-likeness (QED) is 0.650. The highest BCUT2D eigenvalue weighted by Crippen LogP contribution is 2.27. The Labute approximate surface area is 154 Å². The average molecular weight is 376 g/mol. The highest BCUT2D eigenvalue weighted by atomic mass is 19.4. The third-order valence-electron chi connectivity index (χ3n) is 4.03. The Morgan fingerprint density at radius 3 is 2.37 bits per heavy atom. The number of aromatic nitrogens is 1. The molecule has 0 fully saturated rings. The Bertz CT molecular complexity index is 925. The molecule has 4 nitrogen and oxygen atoms in total. The number of halogens is 3. The van der Waals surface area contributed by atoms with E-state index >= 15 is 0 Å². The van der Waals surface area contributed by atoms with Crippen molar-refractivity contribution in [3.8, 4) is 11.5 Å². The molecule has 0 saturated heterocycles. The van der Waals surface area contributed by atoms with Gasteiger partial charge in [-0.05, 0) is 55.3 Å². The number of anilines is 1. The van der Waals surface area contributed by atoms with Gasteiger partial charge in [0.05, 0.1) is 12.6 Å². The molecule has 0 aliphatic carbocycles. The maximum atomic E-state index is 12.2. The van der Waals surface area contributed by atoms with Gasteiger partial charge in [-0.25, -0.2) is 0 Å². The lowest BCUT2D eigenvalue weighted by atomic mass is 10.1. The Morgan fingerprint density at radius 1 is 1.00 bits per heavy atom. The molecule has 0 unspecified atom stereocenters. The molecule has 27 heavy (non-hydrogen) atoms. The highest BCUT2D eigenvalue weighted by molar-refractivity contribution is 5.92. The first-order valence-corrected chi connectivity index (χ1v) is 8.38. The van der Waals surface area contributed by atoms with Gasteiger partial charge < -0.3 is 14.8 Å². The van der Waals surface area contributed by atoms with Gasteiger partial charge in [-0.15, -0.1) is 13.2 Å². The molecular formula is C20H19F3N2O2. The molecule has 0 aliphatic rings. The van der Waals surface area contributed by atoms with E-state index in [4.69, 9.17) is 4.74 Å². The lowest BCUT2D eigenvalue weighted by Gasteiger charge is -2.12. The maximum absolute atomic E-state index is 12.2. The summed E-state index contributed by atoms with van der Waals surface area (Å²) in [6.45, 7) is 2.55. The van der Waals surface area contributed by atoms with Crippen molar-refractivity contribution in [2.75, 3.05) is 19.0 Å². The highest BCUT2D eigenvalue weighted by Gasteiger charge is 2.30. The third kappa shape index (κ3) is 5.03. The number of nitrogens with one attached hydrogen (secondary N) is 1. The summed E-state index contributed by atoms with van der Waals surface area (Å²) in [6.07, 6.45) is -4.02. The first-order chi connectivity index (χ1) is 12.8. The van der Waals surface area contributed by atoms with Gasteiger partial charge in [0.25, 0.3) is 0 Å². The Morgan fingerprint density at radius 2 is 1.70 bits per heavy atom. The minimum absolute atomic E-state index is 0.220. The monoisotopic (exact) mass is 376 g/mol. The van der Waals surface area contributed by atoms with Crippen molar-refractivity contribution in [1.82, 2.24) is 4.98 Å². The van der Waals surface area contributed by atoms with Crippen LogP contribution < -0.4 is 14.8 Å². The number of pyridine rings is 1. The molecule has 7 heteroatoms. The van der Waals surface area contributed by atoms with Crippen LogP contribution in [-0.4, -0.2) is 25.0 Å². The summed E-state index contributed by atoms with van der Waals surface area (Å²) in [5.41, 5.74) is 3.61. The molecule has 0 spiro atoms. The van der Waals surface area contributed by atoms with Gasteiger partial charge >= 0.3 is 6.36 Å². The summed E-state index contributed by atoms with van der Waals surface area (Å²) < 4.78 is 45.8. The van der Waals surface area contributed by atoms with Crippen LogP contribution in [0.3, 0.4) is 0 Å². The summed E-state index contributed by atoms with van der Waals surface area (Å²) in [6, 6.07) is 13.5. The molecule has 1 aromatic heterocycles. The standard InChI is InChI=1S/C20H19F3N2O2/c1-13-11-19(17-12-16(26-2)7-8-18(17)25-13)24-10-9-14-3-5-15(6-4-14)27-20(21,22)23/h3-8,11-12H,9-10H2,1-2H3,(H,24,25). The zero-order valence-electron chi connectivity index (χ0n) is 14.9. The Kier molecular flexibility index (Phi) is 5.39. The lowest BCUT2D eigenvalue weighted by Crippen LogP contribution is -2.17. The van der Waals surface area contributed by atoms with Crippen molar-refractivity contribution in [3.05, 3.63) is 59.8 Å². The van der Waals surface area contributed by atoms with E-state index in [-0.39, 0.29) is 5.75 Å². The van der Waals surface area contributed by atoms with Gasteiger partial charge in [-0.2, -0.15) is 0 Å². The van der Waals surface area contributed by atoms with E-state index in [1.54, 1.807) is 19.2 Å². The number of alkyl halides is 3. The molecule has 1 N–H and O–H groups in total. The van der Waals surface area contributed by atoms with Crippen molar-refractivity contribution in [3.63, 3.8) is 0 Å². The van der Waals surface area contributed by atoms with Crippen molar-refractivity contribution < 1.29 is 22.6 Å². The lowest BCUT2D eigenvalue weighted by molar-refractivity contribution is -0.274. The Hall–Kier alpha value is -2.96. The van der Waals surface area contributed by atoms with Gasteiger partial charge in [0.1, 0.15) is 11.5 Å².